The van der Waals surface area contributed by atoms with E-state index in [1.165, 1.54) is 35.2 Å². The Labute approximate surface area is 255 Å². The van der Waals surface area contributed by atoms with Crippen molar-refractivity contribution < 1.29 is 22.9 Å². The number of hydrogen-bond donors (Lipinski definition) is 1. The van der Waals surface area contributed by atoms with E-state index in [1.54, 1.807) is 37.3 Å². The van der Waals surface area contributed by atoms with Gasteiger partial charge in [0.2, 0.25) is 11.8 Å². The zero-order chi connectivity index (χ0) is 31.2. The number of carbonyl (C=O) groups excluding carboxylic acids is 2. The van der Waals surface area contributed by atoms with Gasteiger partial charge in [0.05, 0.1) is 15.5 Å². The van der Waals surface area contributed by atoms with E-state index < -0.39 is 44.9 Å². The van der Waals surface area contributed by atoms with E-state index in [0.29, 0.717) is 10.6 Å². The van der Waals surface area contributed by atoms with Crippen LogP contribution in [0.25, 0.3) is 0 Å². The van der Waals surface area contributed by atoms with Crippen molar-refractivity contribution in [3.8, 4) is 0 Å². The Hall–Kier alpha value is -3.67. The second-order valence-corrected chi connectivity index (χ2v) is 13.2. The third kappa shape index (κ3) is 8.21. The van der Waals surface area contributed by atoms with Crippen LogP contribution in [0.15, 0.2) is 77.7 Å². The molecule has 0 bridgehead atoms. The van der Waals surface area contributed by atoms with Crippen LogP contribution < -0.4 is 9.62 Å². The highest BCUT2D eigenvalue weighted by Gasteiger charge is 2.35. The summed E-state index contributed by atoms with van der Waals surface area (Å²) in [6.07, 6.45) is 0.224. The zero-order valence-corrected chi connectivity index (χ0v) is 25.9. The molecule has 10 nitrogen and oxygen atoms in total. The Bertz CT molecular complexity index is 1540. The molecule has 0 aliphatic carbocycles. The maximum absolute atomic E-state index is 14.1. The quantitative estimate of drug-likeness (QED) is 0.209. The number of hydrogen-bond acceptors (Lipinski definition) is 6. The number of anilines is 1. The number of non-ortho nitro benzene ring substituents is 1. The van der Waals surface area contributed by atoms with Crippen molar-refractivity contribution in [2.75, 3.05) is 10.8 Å². The minimum atomic E-state index is -4.31. The normalized spacial score (nSPS) is 12.3. The van der Waals surface area contributed by atoms with Gasteiger partial charge in [0, 0.05) is 34.3 Å². The van der Waals surface area contributed by atoms with Crippen molar-refractivity contribution in [1.82, 2.24) is 10.2 Å². The van der Waals surface area contributed by atoms with E-state index in [0.717, 1.165) is 16.4 Å². The van der Waals surface area contributed by atoms with E-state index in [9.17, 15) is 28.1 Å². The van der Waals surface area contributed by atoms with Crippen LogP contribution in [-0.4, -0.2) is 48.2 Å². The van der Waals surface area contributed by atoms with E-state index >= 15 is 0 Å². The van der Waals surface area contributed by atoms with Crippen LogP contribution >= 0.6 is 23.2 Å². The maximum Gasteiger partial charge on any atom is 0.269 e. The standard InChI is InChI=1S/C29H32Cl2N4O6S/c1-5-26(28(37)32-29(2,3)4)33(18-20-11-12-21(30)17-25(20)31)27(36)19-34(22-13-15-23(16-14-22)35(38)39)42(40,41)24-9-7-6-8-10-24/h6-17,26H,5,18-19H2,1-4H3,(H,32,37)/t26-/m1/s1. The molecule has 3 aromatic carbocycles. The predicted octanol–water partition coefficient (Wildman–Crippen LogP) is 5.82. The van der Waals surface area contributed by atoms with Gasteiger partial charge in [-0.15, -0.1) is 0 Å². The number of nitro groups is 1. The zero-order valence-electron chi connectivity index (χ0n) is 23.6. The minimum absolute atomic E-state index is 0.0365. The second kappa shape index (κ2) is 13.5. The SMILES string of the molecule is CC[C@H](C(=O)NC(C)(C)C)N(Cc1ccc(Cl)cc1Cl)C(=O)CN(c1ccc([N+](=O)[O-])cc1)S(=O)(=O)c1ccccc1. The lowest BCUT2D eigenvalue weighted by molar-refractivity contribution is -0.384. The molecular formula is C29H32Cl2N4O6S. The molecule has 1 atom stereocenters. The lowest BCUT2D eigenvalue weighted by Gasteiger charge is -2.35. The minimum Gasteiger partial charge on any atom is -0.350 e. The van der Waals surface area contributed by atoms with Crippen molar-refractivity contribution in [3.63, 3.8) is 0 Å². The van der Waals surface area contributed by atoms with Gasteiger partial charge in [-0.2, -0.15) is 0 Å². The topological polar surface area (TPSA) is 130 Å². The number of carbonyl (C=O) groups is 2. The van der Waals surface area contributed by atoms with Gasteiger partial charge >= 0.3 is 0 Å². The fourth-order valence-corrected chi connectivity index (χ4v) is 6.10. The van der Waals surface area contributed by atoms with Crippen LogP contribution in [0.2, 0.25) is 10.0 Å². The van der Waals surface area contributed by atoms with Crippen LogP contribution in [0.1, 0.15) is 39.7 Å². The first kappa shape index (κ1) is 32.8. The highest BCUT2D eigenvalue weighted by molar-refractivity contribution is 7.92. The molecule has 0 saturated heterocycles. The molecule has 224 valence electrons. The molecule has 0 aliphatic heterocycles. The van der Waals surface area contributed by atoms with Crippen LogP contribution in [-0.2, 0) is 26.2 Å². The van der Waals surface area contributed by atoms with Gasteiger partial charge in [0.25, 0.3) is 15.7 Å². The molecule has 0 fully saturated rings. The Morgan fingerprint density at radius 2 is 1.62 bits per heavy atom. The average Bonchev–Trinajstić information content (AvgIpc) is 2.92. The summed E-state index contributed by atoms with van der Waals surface area (Å²) in [4.78, 5) is 39.3. The maximum atomic E-state index is 14.1. The average molecular weight is 636 g/mol. The molecule has 42 heavy (non-hydrogen) atoms. The molecule has 0 spiro atoms. The number of nitro benzene ring substituents is 1. The van der Waals surface area contributed by atoms with Crippen LogP contribution in [0, 0.1) is 10.1 Å². The summed E-state index contributed by atoms with van der Waals surface area (Å²) >= 11 is 12.5. The fraction of sp³-hybridized carbons (Fsp3) is 0.310. The van der Waals surface area contributed by atoms with Crippen molar-refractivity contribution >= 4 is 56.4 Å². The Balaban J connectivity index is 2.10. The number of sulfonamides is 1. The predicted molar refractivity (Wildman–Crippen MR) is 163 cm³/mol. The first-order chi connectivity index (χ1) is 19.6. The van der Waals surface area contributed by atoms with Crippen LogP contribution in [0.4, 0.5) is 11.4 Å². The lowest BCUT2D eigenvalue weighted by atomic mass is 10.1. The number of nitrogens with zero attached hydrogens (tertiary/aromatic N) is 3. The number of rotatable bonds is 11. The van der Waals surface area contributed by atoms with E-state index in [-0.39, 0.29) is 34.3 Å². The summed E-state index contributed by atoms with van der Waals surface area (Å²) in [5.74, 6) is -1.11. The van der Waals surface area contributed by atoms with Gasteiger partial charge in [0.1, 0.15) is 12.6 Å². The number of benzene rings is 3. The smallest absolute Gasteiger partial charge is 0.269 e. The van der Waals surface area contributed by atoms with Gasteiger partial charge in [-0.25, -0.2) is 8.42 Å². The van der Waals surface area contributed by atoms with Crippen LogP contribution in [0.3, 0.4) is 0 Å². The highest BCUT2D eigenvalue weighted by Crippen LogP contribution is 2.28. The third-order valence-corrected chi connectivity index (χ3v) is 8.57. The first-order valence-electron chi connectivity index (χ1n) is 13.0. The Kier molecular flexibility index (Phi) is 10.6. The van der Waals surface area contributed by atoms with Gasteiger partial charge in [0.15, 0.2) is 0 Å². The summed E-state index contributed by atoms with van der Waals surface area (Å²) < 4.78 is 28.5. The third-order valence-electron chi connectivity index (χ3n) is 6.20. The number of amides is 2. The number of nitrogens with one attached hydrogen (secondary N) is 1. The monoisotopic (exact) mass is 634 g/mol. The largest absolute Gasteiger partial charge is 0.350 e. The van der Waals surface area contributed by atoms with Crippen molar-refractivity contribution in [2.24, 2.45) is 0 Å². The molecule has 2 amide bonds. The molecule has 1 N–H and O–H groups in total. The van der Waals surface area contributed by atoms with E-state index in [2.05, 4.69) is 5.32 Å². The molecule has 0 heterocycles. The van der Waals surface area contributed by atoms with Gasteiger partial charge in [-0.3, -0.25) is 24.0 Å². The molecule has 0 aliphatic rings. The van der Waals surface area contributed by atoms with Crippen molar-refractivity contribution in [1.29, 1.82) is 0 Å². The van der Waals surface area contributed by atoms with Gasteiger partial charge in [-0.05, 0) is 69.2 Å². The molecule has 3 rings (SSSR count). The molecule has 13 heteroatoms. The Morgan fingerprint density at radius 3 is 2.14 bits per heavy atom. The highest BCUT2D eigenvalue weighted by atomic mass is 35.5. The summed E-state index contributed by atoms with van der Waals surface area (Å²) in [5.41, 5.74) is -0.303. The molecule has 0 radical (unpaired) electrons. The number of halogens is 2. The summed E-state index contributed by atoms with van der Waals surface area (Å²) in [5, 5.41) is 14.8. The molecule has 0 unspecified atom stereocenters. The lowest BCUT2D eigenvalue weighted by Crippen LogP contribution is -2.55. The molecule has 0 aromatic heterocycles. The second-order valence-electron chi connectivity index (χ2n) is 10.5. The van der Waals surface area contributed by atoms with E-state index in [1.807, 2.05) is 20.8 Å². The van der Waals surface area contributed by atoms with Gasteiger partial charge in [-0.1, -0.05) is 54.4 Å². The molecule has 3 aromatic rings. The van der Waals surface area contributed by atoms with Crippen molar-refractivity contribution in [2.45, 2.75) is 57.1 Å². The van der Waals surface area contributed by atoms with Crippen LogP contribution in [0.5, 0.6) is 0 Å². The summed E-state index contributed by atoms with van der Waals surface area (Å²) in [6.45, 7) is 6.36. The van der Waals surface area contributed by atoms with Crippen molar-refractivity contribution in [3.05, 3.63) is 98.5 Å². The fourth-order valence-electron chi connectivity index (χ4n) is 4.19. The van der Waals surface area contributed by atoms with E-state index in [4.69, 9.17) is 23.2 Å². The summed E-state index contributed by atoms with van der Waals surface area (Å²) in [7, 11) is -4.31. The Morgan fingerprint density at radius 1 is 1.00 bits per heavy atom. The summed E-state index contributed by atoms with van der Waals surface area (Å²) in [6, 6.07) is 16.1. The molecule has 0 saturated carbocycles. The molecular weight excluding hydrogens is 603 g/mol. The first-order valence-corrected chi connectivity index (χ1v) is 15.2. The van der Waals surface area contributed by atoms with Gasteiger partial charge < -0.3 is 10.2 Å².